The lowest BCUT2D eigenvalue weighted by atomic mass is 9.68. The molecular formula is C19H24N4O. The Hall–Kier alpha value is -2.17. The number of carbonyl (C=O) groups is 1. The number of amides is 1. The first-order valence-corrected chi connectivity index (χ1v) is 8.93. The standard InChI is InChI=1S/C19H24N4O/c24-18(20-9-8-17-21-13-22-23-17)19(11-14-4-2-1-3-5-14)12-15-6-7-16(19)10-15/h1-5,13,15-16H,6-12H2,(H,20,24)(H,21,22,23)/t15-,16-,19+/m0/s1. The highest BCUT2D eigenvalue weighted by atomic mass is 16.2. The lowest BCUT2D eigenvalue weighted by Gasteiger charge is -2.36. The maximum absolute atomic E-state index is 13.1. The van der Waals surface area contributed by atoms with Crippen LogP contribution in [0.2, 0.25) is 0 Å². The molecule has 1 amide bonds. The molecule has 1 heterocycles. The third kappa shape index (κ3) is 2.83. The summed E-state index contributed by atoms with van der Waals surface area (Å²) in [5.41, 5.74) is 1.06. The smallest absolute Gasteiger partial charge is 0.226 e. The monoisotopic (exact) mass is 324 g/mol. The molecule has 5 nitrogen and oxygen atoms in total. The van der Waals surface area contributed by atoms with Gasteiger partial charge >= 0.3 is 0 Å². The van der Waals surface area contributed by atoms with Crippen molar-refractivity contribution in [3.8, 4) is 0 Å². The summed E-state index contributed by atoms with van der Waals surface area (Å²) in [6.45, 7) is 0.613. The number of fused-ring (bicyclic) bond motifs is 2. The second-order valence-corrected chi connectivity index (χ2v) is 7.34. The molecule has 5 heteroatoms. The number of carbonyl (C=O) groups excluding carboxylic acids is 1. The first kappa shape index (κ1) is 15.4. The molecule has 1 aromatic heterocycles. The van der Waals surface area contributed by atoms with Crippen molar-refractivity contribution in [2.24, 2.45) is 17.3 Å². The topological polar surface area (TPSA) is 70.7 Å². The summed E-state index contributed by atoms with van der Waals surface area (Å²) in [5, 5.41) is 9.88. The zero-order valence-corrected chi connectivity index (χ0v) is 13.9. The summed E-state index contributed by atoms with van der Waals surface area (Å²) in [4.78, 5) is 17.2. The van der Waals surface area contributed by atoms with Crippen LogP contribution in [0.4, 0.5) is 0 Å². The van der Waals surface area contributed by atoms with E-state index < -0.39 is 0 Å². The van der Waals surface area contributed by atoms with Gasteiger partial charge < -0.3 is 5.32 Å². The predicted octanol–water partition coefficient (Wildman–Crippen LogP) is 2.51. The van der Waals surface area contributed by atoms with E-state index in [9.17, 15) is 4.79 Å². The minimum atomic E-state index is -0.217. The molecule has 3 atom stereocenters. The van der Waals surface area contributed by atoms with Crippen LogP contribution in [0.1, 0.15) is 37.1 Å². The van der Waals surface area contributed by atoms with Crippen molar-refractivity contribution in [3.63, 3.8) is 0 Å². The normalized spacial score (nSPS) is 28.2. The molecule has 0 unspecified atom stereocenters. The van der Waals surface area contributed by atoms with Gasteiger partial charge in [-0.25, -0.2) is 4.98 Å². The number of benzene rings is 1. The molecule has 0 radical (unpaired) electrons. The number of nitrogens with one attached hydrogen (secondary N) is 2. The molecule has 2 saturated carbocycles. The molecule has 126 valence electrons. The van der Waals surface area contributed by atoms with Crippen LogP contribution in [0, 0.1) is 17.3 Å². The van der Waals surface area contributed by atoms with E-state index in [0.717, 1.165) is 24.6 Å². The van der Waals surface area contributed by atoms with E-state index in [1.165, 1.54) is 31.2 Å². The largest absolute Gasteiger partial charge is 0.355 e. The molecule has 0 aliphatic heterocycles. The molecule has 0 saturated heterocycles. The predicted molar refractivity (Wildman–Crippen MR) is 91.1 cm³/mol. The molecule has 1 aromatic carbocycles. The Balaban J connectivity index is 1.47. The fourth-order valence-corrected chi connectivity index (χ4v) is 4.80. The van der Waals surface area contributed by atoms with Gasteiger partial charge in [0.25, 0.3) is 0 Å². The Labute approximate surface area is 142 Å². The van der Waals surface area contributed by atoms with Crippen LogP contribution in [-0.4, -0.2) is 27.6 Å². The highest BCUT2D eigenvalue weighted by molar-refractivity contribution is 5.84. The lowest BCUT2D eigenvalue weighted by molar-refractivity contribution is -0.134. The second-order valence-electron chi connectivity index (χ2n) is 7.34. The Kier molecular flexibility index (Phi) is 4.08. The van der Waals surface area contributed by atoms with E-state index >= 15 is 0 Å². The van der Waals surface area contributed by atoms with Gasteiger partial charge in [0, 0.05) is 13.0 Å². The van der Waals surface area contributed by atoms with Crippen LogP contribution < -0.4 is 5.32 Å². The van der Waals surface area contributed by atoms with Gasteiger partial charge in [0.05, 0.1) is 5.41 Å². The summed E-state index contributed by atoms with van der Waals surface area (Å²) < 4.78 is 0. The number of aromatic nitrogens is 3. The van der Waals surface area contributed by atoms with Crippen molar-refractivity contribution < 1.29 is 4.79 Å². The zero-order valence-electron chi connectivity index (χ0n) is 13.9. The van der Waals surface area contributed by atoms with E-state index in [4.69, 9.17) is 0 Å². The molecule has 24 heavy (non-hydrogen) atoms. The van der Waals surface area contributed by atoms with Gasteiger partial charge in [-0.1, -0.05) is 36.8 Å². The number of rotatable bonds is 6. The second kappa shape index (κ2) is 6.38. The highest BCUT2D eigenvalue weighted by Gasteiger charge is 2.55. The fraction of sp³-hybridized carbons (Fsp3) is 0.526. The van der Waals surface area contributed by atoms with Crippen molar-refractivity contribution in [2.45, 2.75) is 38.5 Å². The molecule has 2 fully saturated rings. The molecule has 2 N–H and O–H groups in total. The van der Waals surface area contributed by atoms with Crippen LogP contribution in [0.3, 0.4) is 0 Å². The number of H-pyrrole nitrogens is 1. The van der Waals surface area contributed by atoms with E-state index in [-0.39, 0.29) is 11.3 Å². The summed E-state index contributed by atoms with van der Waals surface area (Å²) >= 11 is 0. The Morgan fingerprint density at radius 3 is 2.83 bits per heavy atom. The van der Waals surface area contributed by atoms with Gasteiger partial charge in [-0.2, -0.15) is 5.10 Å². The van der Waals surface area contributed by atoms with Gasteiger partial charge in [0.2, 0.25) is 5.91 Å². The molecule has 2 bridgehead atoms. The van der Waals surface area contributed by atoms with Gasteiger partial charge in [0.15, 0.2) is 0 Å². The highest BCUT2D eigenvalue weighted by Crippen LogP contribution is 2.57. The third-order valence-electron chi connectivity index (χ3n) is 5.90. The first-order chi connectivity index (χ1) is 11.8. The Morgan fingerprint density at radius 2 is 2.17 bits per heavy atom. The van der Waals surface area contributed by atoms with Crippen molar-refractivity contribution in [1.29, 1.82) is 0 Å². The summed E-state index contributed by atoms with van der Waals surface area (Å²) in [5.74, 6) is 2.32. The van der Waals surface area contributed by atoms with Crippen LogP contribution in [-0.2, 0) is 17.6 Å². The maximum Gasteiger partial charge on any atom is 0.226 e. The minimum Gasteiger partial charge on any atom is -0.355 e. The number of aromatic amines is 1. The van der Waals surface area contributed by atoms with Gasteiger partial charge in [0.1, 0.15) is 12.2 Å². The van der Waals surface area contributed by atoms with Crippen LogP contribution in [0.25, 0.3) is 0 Å². The molecule has 0 spiro atoms. The number of nitrogens with zero attached hydrogens (tertiary/aromatic N) is 2. The van der Waals surface area contributed by atoms with E-state index in [0.29, 0.717) is 18.9 Å². The SMILES string of the molecule is O=C(NCCc1ncn[nH]1)[C@]1(Cc2ccccc2)C[C@H]2CC[C@H]1C2. The fourth-order valence-electron chi connectivity index (χ4n) is 4.80. The van der Waals surface area contributed by atoms with E-state index in [1.807, 2.05) is 6.07 Å². The van der Waals surface area contributed by atoms with E-state index in [2.05, 4.69) is 44.8 Å². The van der Waals surface area contributed by atoms with Gasteiger partial charge in [-0.3, -0.25) is 9.89 Å². The number of hydrogen-bond acceptors (Lipinski definition) is 3. The molecule has 2 aromatic rings. The van der Waals surface area contributed by atoms with Crippen LogP contribution in [0.5, 0.6) is 0 Å². The van der Waals surface area contributed by atoms with Gasteiger partial charge in [-0.05, 0) is 43.1 Å². The molecular weight excluding hydrogens is 300 g/mol. The van der Waals surface area contributed by atoms with Crippen molar-refractivity contribution in [1.82, 2.24) is 20.5 Å². The maximum atomic E-state index is 13.1. The molecule has 2 aliphatic carbocycles. The summed E-state index contributed by atoms with van der Waals surface area (Å²) in [6.07, 6.45) is 7.83. The van der Waals surface area contributed by atoms with E-state index in [1.54, 1.807) is 0 Å². The molecule has 2 aliphatic rings. The van der Waals surface area contributed by atoms with Crippen molar-refractivity contribution >= 4 is 5.91 Å². The van der Waals surface area contributed by atoms with Gasteiger partial charge in [-0.15, -0.1) is 0 Å². The van der Waals surface area contributed by atoms with Crippen LogP contribution in [0.15, 0.2) is 36.7 Å². The average molecular weight is 324 g/mol. The Bertz CT molecular complexity index is 685. The first-order valence-electron chi connectivity index (χ1n) is 8.93. The molecule has 4 rings (SSSR count). The Morgan fingerprint density at radius 1 is 1.29 bits per heavy atom. The van der Waals surface area contributed by atoms with Crippen molar-refractivity contribution in [3.05, 3.63) is 48.0 Å². The number of hydrogen-bond donors (Lipinski definition) is 2. The lowest BCUT2D eigenvalue weighted by Crippen LogP contribution is -2.46. The summed E-state index contributed by atoms with van der Waals surface area (Å²) in [6, 6.07) is 10.5. The third-order valence-corrected chi connectivity index (χ3v) is 5.90. The van der Waals surface area contributed by atoms with Crippen LogP contribution >= 0.6 is 0 Å². The van der Waals surface area contributed by atoms with Crippen molar-refractivity contribution in [2.75, 3.05) is 6.54 Å². The minimum absolute atomic E-state index is 0.217. The average Bonchev–Trinajstić information content (AvgIpc) is 3.33. The summed E-state index contributed by atoms with van der Waals surface area (Å²) in [7, 11) is 0. The zero-order chi connectivity index (χ0) is 16.4. The quantitative estimate of drug-likeness (QED) is 0.858.